The summed E-state index contributed by atoms with van der Waals surface area (Å²) < 4.78 is 3.81. The van der Waals surface area contributed by atoms with Crippen LogP contribution in [0.1, 0.15) is 48.4 Å². The van der Waals surface area contributed by atoms with Crippen molar-refractivity contribution in [3.05, 3.63) is 75.8 Å². The molecule has 8 heteroatoms. The first-order chi connectivity index (χ1) is 14.2. The molecule has 0 aliphatic heterocycles. The summed E-state index contributed by atoms with van der Waals surface area (Å²) in [5.41, 5.74) is 1.90. The number of hydrogen-bond donors (Lipinski definition) is 1. The molecule has 0 saturated heterocycles. The van der Waals surface area contributed by atoms with E-state index >= 15 is 0 Å². The van der Waals surface area contributed by atoms with Gasteiger partial charge in [-0.05, 0) is 74.6 Å². The second-order valence-corrected chi connectivity index (χ2v) is 9.04. The van der Waals surface area contributed by atoms with E-state index in [1.165, 1.54) is 4.90 Å². The molecule has 156 valence electrons. The highest BCUT2D eigenvalue weighted by molar-refractivity contribution is 7.03. The number of aryl methyl sites for hydroxylation is 1. The first kappa shape index (κ1) is 21.9. The number of amides is 2. The summed E-state index contributed by atoms with van der Waals surface area (Å²) in [4.78, 5) is 28.4. The summed E-state index contributed by atoms with van der Waals surface area (Å²) >= 11 is 7.15. The summed E-state index contributed by atoms with van der Waals surface area (Å²) in [7, 11) is 0. The maximum absolute atomic E-state index is 13.5. The van der Waals surface area contributed by atoms with Gasteiger partial charge in [0.1, 0.15) is 6.04 Å². The van der Waals surface area contributed by atoms with E-state index in [1.807, 2.05) is 45.9 Å². The number of anilines is 1. The number of hydrogen-bond acceptors (Lipinski definition) is 5. The second-order valence-electron chi connectivity index (χ2n) is 8.00. The lowest BCUT2D eigenvalue weighted by molar-refractivity contribution is -0.123. The molecule has 1 N–H and O–H groups in total. The Balaban J connectivity index is 2.18. The van der Waals surface area contributed by atoms with Crippen LogP contribution in [0.2, 0.25) is 5.02 Å². The molecular formula is C22H23ClN4O2S. The number of aromatic nitrogens is 2. The predicted octanol–water partition coefficient (Wildman–Crippen LogP) is 4.80. The van der Waals surface area contributed by atoms with Crippen LogP contribution in [-0.2, 0) is 4.79 Å². The van der Waals surface area contributed by atoms with Crippen LogP contribution in [0.15, 0.2) is 53.9 Å². The topological polar surface area (TPSA) is 75.2 Å². The summed E-state index contributed by atoms with van der Waals surface area (Å²) in [5.74, 6) is -0.707. The molecule has 30 heavy (non-hydrogen) atoms. The highest BCUT2D eigenvalue weighted by atomic mass is 35.5. The van der Waals surface area contributed by atoms with Gasteiger partial charge in [-0.3, -0.25) is 14.5 Å². The van der Waals surface area contributed by atoms with E-state index in [4.69, 9.17) is 11.6 Å². The normalized spacial score (nSPS) is 12.3. The highest BCUT2D eigenvalue weighted by Crippen LogP contribution is 2.31. The molecule has 0 unspecified atom stereocenters. The van der Waals surface area contributed by atoms with Crippen LogP contribution in [0.25, 0.3) is 0 Å². The Labute approximate surface area is 185 Å². The van der Waals surface area contributed by atoms with Gasteiger partial charge >= 0.3 is 0 Å². The van der Waals surface area contributed by atoms with Gasteiger partial charge in [-0.1, -0.05) is 40.4 Å². The molecule has 1 heterocycles. The molecular weight excluding hydrogens is 420 g/mol. The minimum Gasteiger partial charge on any atom is -0.349 e. The number of halogens is 1. The SMILES string of the molecule is Cc1cccc(N(C(=O)c2csnn2)[C@@H](C(=O)NC(C)(C)C)c2ccc(Cl)cc2)c1. The first-order valence-corrected chi connectivity index (χ1v) is 10.6. The Hall–Kier alpha value is -2.77. The van der Waals surface area contributed by atoms with Gasteiger partial charge in [0.15, 0.2) is 5.69 Å². The van der Waals surface area contributed by atoms with Gasteiger partial charge in [0.2, 0.25) is 5.91 Å². The smallest absolute Gasteiger partial charge is 0.280 e. The number of nitrogens with one attached hydrogen (secondary N) is 1. The third-order valence-electron chi connectivity index (χ3n) is 4.27. The summed E-state index contributed by atoms with van der Waals surface area (Å²) in [5, 5.41) is 9.05. The number of carbonyl (C=O) groups excluding carboxylic acids is 2. The molecule has 0 saturated carbocycles. The maximum Gasteiger partial charge on any atom is 0.280 e. The van der Waals surface area contributed by atoms with E-state index in [-0.39, 0.29) is 11.6 Å². The largest absolute Gasteiger partial charge is 0.349 e. The zero-order valence-electron chi connectivity index (χ0n) is 17.2. The van der Waals surface area contributed by atoms with E-state index in [0.717, 1.165) is 17.1 Å². The fourth-order valence-electron chi connectivity index (χ4n) is 3.04. The molecule has 2 aromatic carbocycles. The van der Waals surface area contributed by atoms with E-state index in [0.29, 0.717) is 16.3 Å². The molecule has 0 spiro atoms. The van der Waals surface area contributed by atoms with Crippen LogP contribution < -0.4 is 10.2 Å². The Kier molecular flexibility index (Phi) is 6.53. The van der Waals surface area contributed by atoms with Gasteiger partial charge in [-0.15, -0.1) is 5.10 Å². The molecule has 0 aliphatic rings. The van der Waals surface area contributed by atoms with Gasteiger partial charge < -0.3 is 5.32 Å². The van der Waals surface area contributed by atoms with Crippen LogP contribution >= 0.6 is 23.1 Å². The Bertz CT molecular complexity index is 1030. The fourth-order valence-corrected chi connectivity index (χ4v) is 3.60. The average molecular weight is 443 g/mol. The van der Waals surface area contributed by atoms with Gasteiger partial charge in [0.05, 0.1) is 0 Å². The minimum absolute atomic E-state index is 0.184. The van der Waals surface area contributed by atoms with Crippen molar-refractivity contribution in [2.24, 2.45) is 0 Å². The minimum atomic E-state index is -0.919. The van der Waals surface area contributed by atoms with Crippen molar-refractivity contribution in [1.29, 1.82) is 0 Å². The summed E-state index contributed by atoms with van der Waals surface area (Å²) in [6.07, 6.45) is 0. The molecule has 3 rings (SSSR count). The van der Waals surface area contributed by atoms with Crippen molar-refractivity contribution in [3.8, 4) is 0 Å². The molecule has 2 amide bonds. The average Bonchev–Trinajstić information content (AvgIpc) is 3.20. The maximum atomic E-state index is 13.5. The van der Waals surface area contributed by atoms with Crippen LogP contribution in [-0.4, -0.2) is 26.9 Å². The van der Waals surface area contributed by atoms with Crippen LogP contribution in [0.3, 0.4) is 0 Å². The van der Waals surface area contributed by atoms with E-state index in [9.17, 15) is 9.59 Å². The molecule has 3 aromatic rings. The lowest BCUT2D eigenvalue weighted by Crippen LogP contribution is -2.49. The van der Waals surface area contributed by atoms with E-state index in [2.05, 4.69) is 14.9 Å². The monoisotopic (exact) mass is 442 g/mol. The molecule has 0 aliphatic carbocycles. The number of carbonyl (C=O) groups is 2. The Morgan fingerprint density at radius 2 is 1.83 bits per heavy atom. The molecule has 1 atom stereocenters. The fraction of sp³-hybridized carbons (Fsp3) is 0.273. The van der Waals surface area contributed by atoms with Crippen molar-refractivity contribution < 1.29 is 9.59 Å². The van der Waals surface area contributed by atoms with Crippen molar-refractivity contribution in [1.82, 2.24) is 14.9 Å². The van der Waals surface area contributed by atoms with Crippen LogP contribution in [0.5, 0.6) is 0 Å². The summed E-state index contributed by atoms with van der Waals surface area (Å²) in [6, 6.07) is 13.5. The molecule has 1 aromatic heterocycles. The zero-order chi connectivity index (χ0) is 21.9. The van der Waals surface area contributed by atoms with Crippen LogP contribution in [0, 0.1) is 6.92 Å². The third-order valence-corrected chi connectivity index (χ3v) is 5.02. The Morgan fingerprint density at radius 3 is 2.40 bits per heavy atom. The lowest BCUT2D eigenvalue weighted by atomic mass is 10.00. The van der Waals surface area contributed by atoms with Crippen molar-refractivity contribution >= 4 is 40.6 Å². The van der Waals surface area contributed by atoms with Gasteiger partial charge in [0.25, 0.3) is 5.91 Å². The number of benzene rings is 2. The molecule has 0 fully saturated rings. The van der Waals surface area contributed by atoms with Crippen molar-refractivity contribution in [3.63, 3.8) is 0 Å². The van der Waals surface area contributed by atoms with E-state index < -0.39 is 17.5 Å². The molecule has 6 nitrogen and oxygen atoms in total. The van der Waals surface area contributed by atoms with Crippen molar-refractivity contribution in [2.45, 2.75) is 39.3 Å². The quantitative estimate of drug-likeness (QED) is 0.615. The zero-order valence-corrected chi connectivity index (χ0v) is 18.8. The highest BCUT2D eigenvalue weighted by Gasteiger charge is 2.35. The Morgan fingerprint density at radius 1 is 1.13 bits per heavy atom. The van der Waals surface area contributed by atoms with Gasteiger partial charge in [0, 0.05) is 21.6 Å². The number of rotatable bonds is 5. The standard InChI is InChI=1S/C22H23ClN4O2S/c1-14-6-5-7-17(12-14)27(21(29)18-13-30-26-25-18)19(20(28)24-22(2,3)4)15-8-10-16(23)11-9-15/h5-13,19H,1-4H3,(H,24,28)/t19-/m1/s1. The lowest BCUT2D eigenvalue weighted by Gasteiger charge is -2.33. The second kappa shape index (κ2) is 8.93. The van der Waals surface area contributed by atoms with Crippen LogP contribution in [0.4, 0.5) is 5.69 Å². The third kappa shape index (κ3) is 5.23. The first-order valence-electron chi connectivity index (χ1n) is 9.40. The van der Waals surface area contributed by atoms with Gasteiger partial charge in [-0.2, -0.15) is 0 Å². The van der Waals surface area contributed by atoms with E-state index in [1.54, 1.807) is 35.7 Å². The molecule has 0 radical (unpaired) electrons. The predicted molar refractivity (Wildman–Crippen MR) is 120 cm³/mol. The van der Waals surface area contributed by atoms with Crippen molar-refractivity contribution in [2.75, 3.05) is 4.90 Å². The summed E-state index contributed by atoms with van der Waals surface area (Å²) in [6.45, 7) is 7.62. The molecule has 0 bridgehead atoms. The number of nitrogens with zero attached hydrogens (tertiary/aromatic N) is 3. The van der Waals surface area contributed by atoms with Gasteiger partial charge in [-0.25, -0.2) is 0 Å².